The highest BCUT2D eigenvalue weighted by atomic mass is 35.5. The first-order valence-corrected chi connectivity index (χ1v) is 5.69. The summed E-state index contributed by atoms with van der Waals surface area (Å²) in [6.07, 6.45) is -6.23. The second-order valence-corrected chi connectivity index (χ2v) is 4.65. The number of nitrogens with two attached hydrogens (primary N) is 1. The van der Waals surface area contributed by atoms with Crippen LogP contribution in [0.4, 0.5) is 13.2 Å². The minimum atomic E-state index is -4.78. The molecule has 0 saturated heterocycles. The van der Waals surface area contributed by atoms with Crippen LogP contribution in [0.15, 0.2) is 17.7 Å². The number of hydrogen-bond acceptors (Lipinski definition) is 2. The van der Waals surface area contributed by atoms with Gasteiger partial charge in [0.15, 0.2) is 0 Å². The summed E-state index contributed by atoms with van der Waals surface area (Å²) < 4.78 is 43.2. The molecule has 3 nitrogen and oxygen atoms in total. The molecule has 0 radical (unpaired) electrons. The minimum Gasteiger partial charge on any atom is -0.474 e. The third-order valence-electron chi connectivity index (χ3n) is 2.45. The predicted molar refractivity (Wildman–Crippen MR) is 64.1 cm³/mol. The summed E-state index contributed by atoms with van der Waals surface area (Å²) in [6.45, 7) is 0. The summed E-state index contributed by atoms with van der Waals surface area (Å²) in [6, 6.07) is 2.58. The third-order valence-corrected chi connectivity index (χ3v) is 2.95. The molecular weight excluding hydrogens is 306 g/mol. The number of primary amides is 1. The molecule has 0 unspecified atom stereocenters. The molecular formula is C11H6Cl2F3NO2. The number of halogens is 5. The Hall–Kier alpha value is -1.40. The fourth-order valence-corrected chi connectivity index (χ4v) is 2.23. The second kappa shape index (κ2) is 4.61. The lowest BCUT2D eigenvalue weighted by Crippen LogP contribution is -2.42. The lowest BCUT2D eigenvalue weighted by atomic mass is 10.0. The number of carbonyl (C=O) groups excluding carboxylic acids is 1. The van der Waals surface area contributed by atoms with Gasteiger partial charge in [-0.2, -0.15) is 13.2 Å². The summed E-state index contributed by atoms with van der Waals surface area (Å²) in [5, 5.41) is 0.134. The molecule has 0 aromatic heterocycles. The molecule has 0 bridgehead atoms. The first-order valence-electron chi connectivity index (χ1n) is 4.94. The Morgan fingerprint density at radius 3 is 2.47 bits per heavy atom. The van der Waals surface area contributed by atoms with Gasteiger partial charge in [0.25, 0.3) is 0 Å². The zero-order valence-electron chi connectivity index (χ0n) is 9.09. The van der Waals surface area contributed by atoms with Gasteiger partial charge in [0.05, 0.1) is 10.6 Å². The van der Waals surface area contributed by atoms with Crippen molar-refractivity contribution in [3.8, 4) is 5.75 Å². The highest BCUT2D eigenvalue weighted by Gasteiger charge is 2.48. The monoisotopic (exact) mass is 311 g/mol. The van der Waals surface area contributed by atoms with Gasteiger partial charge in [-0.05, 0) is 18.2 Å². The zero-order chi connectivity index (χ0) is 14.4. The van der Waals surface area contributed by atoms with Crippen LogP contribution in [0.1, 0.15) is 5.56 Å². The van der Waals surface area contributed by atoms with Crippen LogP contribution in [0.3, 0.4) is 0 Å². The fourth-order valence-electron chi connectivity index (χ4n) is 1.68. The van der Waals surface area contributed by atoms with Gasteiger partial charge in [0.2, 0.25) is 12.0 Å². The number of alkyl halides is 3. The topological polar surface area (TPSA) is 52.3 Å². The maximum atomic E-state index is 12.8. The number of rotatable bonds is 1. The largest absolute Gasteiger partial charge is 0.474 e. The Bertz CT molecular complexity index is 584. The van der Waals surface area contributed by atoms with Gasteiger partial charge < -0.3 is 10.5 Å². The highest BCUT2D eigenvalue weighted by Crippen LogP contribution is 2.42. The first kappa shape index (κ1) is 14.0. The summed E-state index contributed by atoms with van der Waals surface area (Å²) in [5.74, 6) is -1.40. The molecule has 8 heteroatoms. The van der Waals surface area contributed by atoms with Gasteiger partial charge in [-0.25, -0.2) is 0 Å². The van der Waals surface area contributed by atoms with E-state index in [0.717, 1.165) is 6.08 Å². The molecule has 19 heavy (non-hydrogen) atoms. The van der Waals surface area contributed by atoms with Crippen molar-refractivity contribution < 1.29 is 22.7 Å². The standard InChI is InChI=1S/C11H6Cl2F3NO2/c12-5-1-4-2-6(10(17)18)9(11(14,15)16)19-8(4)7(13)3-5/h1-3,9H,(H2,17,18)/t9-/m0/s1. The lowest BCUT2D eigenvalue weighted by Gasteiger charge is -2.28. The number of amides is 1. The van der Waals surface area contributed by atoms with Gasteiger partial charge in [-0.1, -0.05) is 23.2 Å². The number of ether oxygens (including phenoxy) is 1. The van der Waals surface area contributed by atoms with Crippen LogP contribution in [0.25, 0.3) is 6.08 Å². The molecule has 1 amide bonds. The van der Waals surface area contributed by atoms with Crippen molar-refractivity contribution >= 4 is 35.2 Å². The SMILES string of the molecule is NC(=O)C1=Cc2cc(Cl)cc(Cl)c2O[C@@H]1C(F)(F)F. The number of carbonyl (C=O) groups is 1. The minimum absolute atomic E-state index is 0.0727. The molecule has 2 rings (SSSR count). The van der Waals surface area contributed by atoms with E-state index in [1.807, 2.05) is 0 Å². The molecule has 1 aromatic carbocycles. The molecule has 1 heterocycles. The zero-order valence-corrected chi connectivity index (χ0v) is 10.6. The molecule has 0 saturated carbocycles. The van der Waals surface area contributed by atoms with Crippen LogP contribution in [0.2, 0.25) is 10.0 Å². The van der Waals surface area contributed by atoms with Crippen LogP contribution in [0.5, 0.6) is 5.75 Å². The number of fused-ring (bicyclic) bond motifs is 1. The highest BCUT2D eigenvalue weighted by molar-refractivity contribution is 6.36. The van der Waals surface area contributed by atoms with Crippen LogP contribution in [-0.4, -0.2) is 18.2 Å². The van der Waals surface area contributed by atoms with E-state index in [9.17, 15) is 18.0 Å². The van der Waals surface area contributed by atoms with Gasteiger partial charge >= 0.3 is 6.18 Å². The van der Waals surface area contributed by atoms with Crippen LogP contribution in [-0.2, 0) is 4.79 Å². The van der Waals surface area contributed by atoms with Gasteiger partial charge in [-0.15, -0.1) is 0 Å². The molecule has 1 atom stereocenters. The maximum Gasteiger partial charge on any atom is 0.429 e. The summed E-state index contributed by atoms with van der Waals surface area (Å²) in [7, 11) is 0. The van der Waals surface area contributed by atoms with Gasteiger partial charge in [0.1, 0.15) is 5.75 Å². The third kappa shape index (κ3) is 2.64. The van der Waals surface area contributed by atoms with Crippen molar-refractivity contribution in [3.63, 3.8) is 0 Å². The van der Waals surface area contributed by atoms with Crippen LogP contribution < -0.4 is 10.5 Å². The maximum absolute atomic E-state index is 12.8. The fraction of sp³-hybridized carbons (Fsp3) is 0.182. The predicted octanol–water partition coefficient (Wildman–Crippen LogP) is 3.19. The number of benzene rings is 1. The Labute approximate surface area is 115 Å². The van der Waals surface area contributed by atoms with Gasteiger partial charge in [-0.3, -0.25) is 4.79 Å². The summed E-state index contributed by atoms with van der Waals surface area (Å²) in [5.41, 5.74) is 4.41. The molecule has 0 spiro atoms. The molecule has 2 N–H and O–H groups in total. The Morgan fingerprint density at radius 1 is 1.32 bits per heavy atom. The van der Waals surface area contributed by atoms with Crippen molar-refractivity contribution in [2.75, 3.05) is 0 Å². The van der Waals surface area contributed by atoms with E-state index in [0.29, 0.717) is 0 Å². The van der Waals surface area contributed by atoms with E-state index in [2.05, 4.69) is 0 Å². The van der Waals surface area contributed by atoms with E-state index in [4.69, 9.17) is 33.7 Å². The quantitative estimate of drug-likeness (QED) is 0.866. The molecule has 102 valence electrons. The molecule has 1 aliphatic rings. The first-order chi connectivity index (χ1) is 8.70. The Balaban J connectivity index is 2.61. The molecule has 0 aliphatic carbocycles. The van der Waals surface area contributed by atoms with E-state index in [1.165, 1.54) is 12.1 Å². The normalized spacial score (nSPS) is 18.4. The average Bonchev–Trinajstić information content (AvgIpc) is 2.25. The van der Waals surface area contributed by atoms with E-state index < -0.39 is 23.8 Å². The van der Waals surface area contributed by atoms with Crippen molar-refractivity contribution in [1.29, 1.82) is 0 Å². The van der Waals surface area contributed by atoms with E-state index >= 15 is 0 Å². The smallest absolute Gasteiger partial charge is 0.429 e. The summed E-state index contributed by atoms with van der Waals surface area (Å²) >= 11 is 11.5. The molecule has 1 aromatic rings. The second-order valence-electron chi connectivity index (χ2n) is 3.81. The lowest BCUT2D eigenvalue weighted by molar-refractivity contribution is -0.185. The van der Waals surface area contributed by atoms with E-state index in [1.54, 1.807) is 0 Å². The van der Waals surface area contributed by atoms with Crippen molar-refractivity contribution in [1.82, 2.24) is 0 Å². The Kier molecular flexibility index (Phi) is 3.40. The van der Waals surface area contributed by atoms with Crippen molar-refractivity contribution in [3.05, 3.63) is 33.3 Å². The van der Waals surface area contributed by atoms with Gasteiger partial charge in [0, 0.05) is 10.6 Å². The number of hydrogen-bond donors (Lipinski definition) is 1. The summed E-state index contributed by atoms with van der Waals surface area (Å²) in [4.78, 5) is 11.1. The van der Waals surface area contributed by atoms with Crippen LogP contribution in [0, 0.1) is 0 Å². The van der Waals surface area contributed by atoms with Crippen LogP contribution >= 0.6 is 23.2 Å². The van der Waals surface area contributed by atoms with Crippen molar-refractivity contribution in [2.24, 2.45) is 5.73 Å². The van der Waals surface area contributed by atoms with Crippen molar-refractivity contribution in [2.45, 2.75) is 12.3 Å². The molecule has 1 aliphatic heterocycles. The van der Waals surface area contributed by atoms with E-state index in [-0.39, 0.29) is 21.4 Å². The average molecular weight is 312 g/mol. The Morgan fingerprint density at radius 2 is 1.95 bits per heavy atom. The molecule has 0 fully saturated rings.